The molecule has 15 nitrogen and oxygen atoms in total. The first-order valence-electron chi connectivity index (χ1n) is 24.4. The Morgan fingerprint density at radius 1 is 0.866 bits per heavy atom. The van der Waals surface area contributed by atoms with E-state index in [0.29, 0.717) is 76.3 Å². The van der Waals surface area contributed by atoms with Crippen LogP contribution in [0.15, 0.2) is 47.6 Å². The van der Waals surface area contributed by atoms with Crippen molar-refractivity contribution >= 4 is 35.7 Å². The van der Waals surface area contributed by atoms with Gasteiger partial charge in [-0.2, -0.15) is 0 Å². The molecular weight excluding hydrogens is 863 g/mol. The van der Waals surface area contributed by atoms with E-state index in [1.54, 1.807) is 41.1 Å². The SMILES string of the molecule is CO[C@H]1C[C@@H]2CC[C@@H](C)[C@@](O)(O2)C(=O)C(=O)N2CCCC[C@H]2C(=O)O[C@H]([C@H](C)C[C@@H]2CC[C@@H](OC=O)[C@H](OC)C2)CC(=O)[C@H](C)/C=C(\C)[C@@H](O)[C@@H](OC)C(=O)[C@H](C)C[C@H](C)/C=C/C=CC=C1C. The lowest BCUT2D eigenvalue weighted by Crippen LogP contribution is -2.61. The second-order valence-electron chi connectivity index (χ2n) is 19.8. The number of amides is 1. The fourth-order valence-electron chi connectivity index (χ4n) is 10.3. The van der Waals surface area contributed by atoms with Crippen LogP contribution in [0.1, 0.15) is 126 Å². The number of esters is 1. The van der Waals surface area contributed by atoms with Gasteiger partial charge in [0, 0.05) is 58.5 Å². The Bertz CT molecular complexity index is 1820. The number of ether oxygens (including phenoxy) is 6. The predicted octanol–water partition coefficient (Wildman–Crippen LogP) is 6.36. The summed E-state index contributed by atoms with van der Waals surface area (Å²) in [5.41, 5.74) is 1.25. The second-order valence-corrected chi connectivity index (χ2v) is 19.8. The maximum Gasteiger partial charge on any atom is 0.329 e. The predicted molar refractivity (Wildman–Crippen MR) is 250 cm³/mol. The maximum absolute atomic E-state index is 14.4. The molecule has 3 aliphatic heterocycles. The number of cyclic esters (lactones) is 1. The summed E-state index contributed by atoms with van der Waals surface area (Å²) in [6.45, 7) is 13.1. The Morgan fingerprint density at radius 2 is 1.60 bits per heavy atom. The van der Waals surface area contributed by atoms with Crippen LogP contribution in [-0.2, 0) is 57.2 Å². The number of aliphatic hydroxyl groups is 2. The Balaban J connectivity index is 1.70. The molecule has 1 amide bonds. The van der Waals surface area contributed by atoms with Gasteiger partial charge < -0.3 is 43.5 Å². The summed E-state index contributed by atoms with van der Waals surface area (Å²) in [4.78, 5) is 83.1. The molecule has 0 radical (unpaired) electrons. The van der Waals surface area contributed by atoms with Crippen LogP contribution < -0.4 is 0 Å². The molecule has 0 aromatic rings. The minimum Gasteiger partial charge on any atom is -0.462 e. The van der Waals surface area contributed by atoms with Crippen LogP contribution in [0.3, 0.4) is 0 Å². The molecule has 3 heterocycles. The molecule has 2 bridgehead atoms. The topological polar surface area (TPSA) is 201 Å². The van der Waals surface area contributed by atoms with Crippen LogP contribution >= 0.6 is 0 Å². The van der Waals surface area contributed by atoms with E-state index in [1.165, 1.54) is 12.0 Å². The first kappa shape index (κ1) is 55.7. The van der Waals surface area contributed by atoms with E-state index < -0.39 is 77.8 Å². The Morgan fingerprint density at radius 3 is 2.27 bits per heavy atom. The Kier molecular flexibility index (Phi) is 21.8. The smallest absolute Gasteiger partial charge is 0.329 e. The number of aliphatic hydroxyl groups excluding tert-OH is 1. The van der Waals surface area contributed by atoms with Crippen LogP contribution in [0.5, 0.6) is 0 Å². The van der Waals surface area contributed by atoms with Gasteiger partial charge in [-0.05, 0) is 107 Å². The highest BCUT2D eigenvalue weighted by Crippen LogP contribution is 2.38. The zero-order valence-corrected chi connectivity index (χ0v) is 41.6. The van der Waals surface area contributed by atoms with Gasteiger partial charge in [-0.1, -0.05) is 71.1 Å². The van der Waals surface area contributed by atoms with Gasteiger partial charge in [0.25, 0.3) is 18.2 Å². The molecule has 4 aliphatic rings. The van der Waals surface area contributed by atoms with Crippen molar-refractivity contribution in [3.05, 3.63) is 47.6 Å². The molecule has 67 heavy (non-hydrogen) atoms. The zero-order chi connectivity index (χ0) is 49.6. The summed E-state index contributed by atoms with van der Waals surface area (Å²) >= 11 is 0. The van der Waals surface area contributed by atoms with Crippen LogP contribution in [0.2, 0.25) is 0 Å². The molecule has 1 aliphatic carbocycles. The molecule has 4 rings (SSSR count). The van der Waals surface area contributed by atoms with Crippen molar-refractivity contribution < 1.29 is 67.4 Å². The Labute approximate surface area is 398 Å². The summed E-state index contributed by atoms with van der Waals surface area (Å²) in [6, 6.07) is -1.16. The number of methoxy groups -OCH3 is 3. The molecule has 1 saturated carbocycles. The highest BCUT2D eigenvalue weighted by Gasteiger charge is 2.53. The van der Waals surface area contributed by atoms with E-state index in [9.17, 15) is 39.0 Å². The minimum absolute atomic E-state index is 0.0117. The van der Waals surface area contributed by atoms with Crippen LogP contribution in [0, 0.1) is 35.5 Å². The molecule has 0 unspecified atom stereocenters. The number of carbonyl (C=O) groups excluding carboxylic acids is 6. The lowest BCUT2D eigenvalue weighted by Gasteiger charge is -2.42. The third-order valence-electron chi connectivity index (χ3n) is 14.7. The van der Waals surface area contributed by atoms with Gasteiger partial charge in [-0.3, -0.25) is 24.0 Å². The number of carbonyl (C=O) groups is 6. The van der Waals surface area contributed by atoms with E-state index >= 15 is 0 Å². The van der Waals surface area contributed by atoms with Gasteiger partial charge in [-0.25, -0.2) is 4.79 Å². The molecule has 0 spiro atoms. The molecular formula is C52H79NO14. The summed E-state index contributed by atoms with van der Waals surface area (Å²) in [7, 11) is 4.51. The Hall–Kier alpha value is -3.86. The molecule has 0 aromatic heterocycles. The molecule has 15 atom stereocenters. The van der Waals surface area contributed by atoms with Crippen LogP contribution in [0.25, 0.3) is 0 Å². The van der Waals surface area contributed by atoms with E-state index in [4.69, 9.17) is 28.4 Å². The number of piperidine rings is 1. The fourth-order valence-corrected chi connectivity index (χ4v) is 10.3. The molecule has 15 heteroatoms. The van der Waals surface area contributed by atoms with Crippen LogP contribution in [0.4, 0.5) is 0 Å². The number of allylic oxidation sites excluding steroid dienone is 6. The van der Waals surface area contributed by atoms with Crippen molar-refractivity contribution in [2.45, 2.75) is 180 Å². The summed E-state index contributed by atoms with van der Waals surface area (Å²) in [5, 5.41) is 23.4. The van der Waals surface area contributed by atoms with Gasteiger partial charge in [-0.15, -0.1) is 0 Å². The number of ketones is 3. The quantitative estimate of drug-likeness (QED) is 0.118. The van der Waals surface area contributed by atoms with Gasteiger partial charge in [0.1, 0.15) is 36.2 Å². The molecule has 3 fully saturated rings. The monoisotopic (exact) mass is 942 g/mol. The number of fused-ring (bicyclic) bond motifs is 3. The zero-order valence-electron chi connectivity index (χ0n) is 41.6. The third kappa shape index (κ3) is 14.8. The van der Waals surface area contributed by atoms with Crippen molar-refractivity contribution in [1.29, 1.82) is 0 Å². The van der Waals surface area contributed by atoms with Crippen molar-refractivity contribution in [1.82, 2.24) is 4.90 Å². The average molecular weight is 942 g/mol. The maximum atomic E-state index is 14.4. The van der Waals surface area contributed by atoms with Crippen LogP contribution in [-0.4, -0.2) is 133 Å². The highest BCUT2D eigenvalue weighted by molar-refractivity contribution is 6.39. The summed E-state index contributed by atoms with van der Waals surface area (Å²) in [6.07, 6.45) is 11.2. The second kappa shape index (κ2) is 26.2. The molecule has 2 saturated heterocycles. The molecule has 0 aromatic carbocycles. The number of rotatable bonds is 8. The van der Waals surface area contributed by atoms with Crippen molar-refractivity contribution in [2.75, 3.05) is 27.9 Å². The average Bonchev–Trinajstić information content (AvgIpc) is 3.30. The standard InChI is InChI=1S/C52H79NO14/c1-31-16-12-11-13-17-32(2)43(62-8)28-39-21-19-37(7)52(61,67-39)49(58)50(59)53-23-15-14-18-40(53)51(60)66-44(34(4)26-38-20-22-42(65-30-54)45(27-38)63-9)29-41(55)33(3)25-36(6)47(57)48(64-10)46(56)35(5)24-31/h11-13,16-17,25,30-31,33-35,37-40,42-45,47-48,57,61H,14-15,18-24,26-29H2,1-10H3/b13-11?,16-12+,32-17?,36-25+/t31-,33-,34-,35-,37-,38+,39+,40+,42-,43+,44+,45-,47-,48+,52-/m1/s1. The lowest BCUT2D eigenvalue weighted by atomic mass is 9.78. The summed E-state index contributed by atoms with van der Waals surface area (Å²) in [5.74, 6) is -8.14. The van der Waals surface area contributed by atoms with Crippen molar-refractivity contribution in [2.24, 2.45) is 35.5 Å². The van der Waals surface area contributed by atoms with E-state index in [1.807, 2.05) is 58.1 Å². The summed E-state index contributed by atoms with van der Waals surface area (Å²) < 4.78 is 34.8. The largest absolute Gasteiger partial charge is 0.462 e. The fraction of sp³-hybridized carbons (Fsp3) is 0.731. The van der Waals surface area contributed by atoms with Crippen molar-refractivity contribution in [3.63, 3.8) is 0 Å². The first-order chi connectivity index (χ1) is 31.8. The third-order valence-corrected chi connectivity index (χ3v) is 14.7. The number of Topliss-reactive ketones (excluding diaryl/α,β-unsaturated/α-hetero) is 3. The molecule has 376 valence electrons. The van der Waals surface area contributed by atoms with Gasteiger partial charge in [0.15, 0.2) is 5.78 Å². The van der Waals surface area contributed by atoms with E-state index in [2.05, 4.69) is 0 Å². The van der Waals surface area contributed by atoms with E-state index in [0.717, 1.165) is 5.57 Å². The van der Waals surface area contributed by atoms with Gasteiger partial charge in [0.05, 0.1) is 18.3 Å². The van der Waals surface area contributed by atoms with E-state index in [-0.39, 0.29) is 60.9 Å². The lowest BCUT2D eigenvalue weighted by molar-refractivity contribution is -0.265. The van der Waals surface area contributed by atoms with Gasteiger partial charge >= 0.3 is 5.97 Å². The van der Waals surface area contributed by atoms with Gasteiger partial charge in [0.2, 0.25) is 5.79 Å². The number of hydrogen-bond acceptors (Lipinski definition) is 14. The van der Waals surface area contributed by atoms with Crippen molar-refractivity contribution in [3.8, 4) is 0 Å². The molecule has 2 N–H and O–H groups in total. The minimum atomic E-state index is -2.44. The number of nitrogens with zero attached hydrogens (tertiary/aromatic N) is 1. The highest BCUT2D eigenvalue weighted by atomic mass is 16.6. The normalized spacial score (nSPS) is 38.2. The first-order valence-corrected chi connectivity index (χ1v) is 24.4. The number of hydrogen-bond donors (Lipinski definition) is 2.